The van der Waals surface area contributed by atoms with Gasteiger partial charge in [0.25, 0.3) is 5.91 Å². The molecular formula is C35H52N3O7PSi2. The Morgan fingerprint density at radius 2 is 1.65 bits per heavy atom. The number of anilines is 2. The summed E-state index contributed by atoms with van der Waals surface area (Å²) < 4.78 is 37.3. The van der Waals surface area contributed by atoms with Gasteiger partial charge in [-0.05, 0) is 69.6 Å². The summed E-state index contributed by atoms with van der Waals surface area (Å²) in [4.78, 5) is 27.9. The molecule has 2 amide bonds. The smallest absolute Gasteiger partial charge is 0.459 e. The Morgan fingerprint density at radius 1 is 1.02 bits per heavy atom. The molecule has 2 heterocycles. The summed E-state index contributed by atoms with van der Waals surface area (Å²) >= 11 is 0. The molecule has 0 radical (unpaired) electrons. The highest BCUT2D eigenvalue weighted by molar-refractivity contribution is 7.48. The molecule has 1 aliphatic heterocycles. The van der Waals surface area contributed by atoms with Gasteiger partial charge in [0.15, 0.2) is 0 Å². The number of hydrogen-bond donors (Lipinski definition) is 2. The molecular weight excluding hydrogens is 662 g/mol. The number of rotatable bonds is 15. The van der Waals surface area contributed by atoms with E-state index in [9.17, 15) is 14.2 Å². The maximum absolute atomic E-state index is 13.8. The molecule has 0 saturated carbocycles. The van der Waals surface area contributed by atoms with Crippen LogP contribution in [0.2, 0.25) is 51.4 Å². The van der Waals surface area contributed by atoms with Crippen molar-refractivity contribution >= 4 is 64.2 Å². The molecule has 0 bridgehead atoms. The standard InChI is InChI=1S/C35H52N3O7PSi2/c1-25-28-13-11-12-14-31(28)45-33(25)26(2)36-32(39)18-16-27-15-17-30-29(23-27)37-35(3,4)34(40)38(30)24-44-46(41,42-19-21-47(5,6)7)43-20-22-48(8,9)10/h11-18,23,26,37H,19-22,24H2,1-10H3,(H,36,39)/b18-16+. The maximum Gasteiger partial charge on any atom is 0.476 e. The van der Waals surface area contributed by atoms with Crippen LogP contribution in [0.4, 0.5) is 11.4 Å². The molecule has 0 spiro atoms. The SMILES string of the molecule is Cc1c(C(C)NC(=O)/C=C/c2ccc3c(c2)NC(C)(C)C(=O)N3COP(=O)(OCC[Si](C)(C)C)OCC[Si](C)(C)C)oc2ccccc12. The van der Waals surface area contributed by atoms with Crippen LogP contribution < -0.4 is 15.5 Å². The van der Waals surface area contributed by atoms with Crippen LogP contribution in [0.15, 0.2) is 53.0 Å². The van der Waals surface area contributed by atoms with Crippen LogP contribution in [0.3, 0.4) is 0 Å². The molecule has 2 aromatic carbocycles. The third-order valence-electron chi connectivity index (χ3n) is 8.15. The number of nitrogens with one attached hydrogen (secondary N) is 2. The van der Waals surface area contributed by atoms with E-state index in [0.717, 1.165) is 39.9 Å². The lowest BCUT2D eigenvalue weighted by molar-refractivity contribution is -0.123. The van der Waals surface area contributed by atoms with Gasteiger partial charge in [0, 0.05) is 33.2 Å². The fraction of sp³-hybridized carbons (Fsp3) is 0.486. The summed E-state index contributed by atoms with van der Waals surface area (Å²) in [5.41, 5.74) is 2.80. The van der Waals surface area contributed by atoms with Crippen LogP contribution in [0.1, 0.15) is 43.7 Å². The Morgan fingerprint density at radius 3 is 2.25 bits per heavy atom. The predicted octanol–water partition coefficient (Wildman–Crippen LogP) is 8.96. The highest BCUT2D eigenvalue weighted by Crippen LogP contribution is 2.51. The summed E-state index contributed by atoms with van der Waals surface area (Å²) in [6.07, 6.45) is 3.19. The number of amides is 2. The number of carbonyl (C=O) groups is 2. The minimum Gasteiger partial charge on any atom is -0.459 e. The number of phosphoric ester groups is 1. The first-order valence-electron chi connectivity index (χ1n) is 16.5. The molecule has 13 heteroatoms. The van der Waals surface area contributed by atoms with Gasteiger partial charge in [-0.25, -0.2) is 4.57 Å². The molecule has 3 aromatic rings. The first-order chi connectivity index (χ1) is 22.3. The van der Waals surface area contributed by atoms with Gasteiger partial charge >= 0.3 is 7.82 Å². The van der Waals surface area contributed by atoms with Gasteiger partial charge in [-0.1, -0.05) is 63.5 Å². The fourth-order valence-corrected chi connectivity index (χ4v) is 8.11. The molecule has 0 saturated heterocycles. The largest absolute Gasteiger partial charge is 0.476 e. The number of fused-ring (bicyclic) bond motifs is 2. The molecule has 48 heavy (non-hydrogen) atoms. The van der Waals surface area contributed by atoms with E-state index in [0.29, 0.717) is 11.4 Å². The summed E-state index contributed by atoms with van der Waals surface area (Å²) in [7, 11) is -6.87. The van der Waals surface area contributed by atoms with Gasteiger partial charge in [-0.2, -0.15) is 0 Å². The van der Waals surface area contributed by atoms with Crippen molar-refractivity contribution in [3.8, 4) is 0 Å². The van der Waals surface area contributed by atoms with Gasteiger partial charge in [0.05, 0.1) is 30.6 Å². The number of phosphoric acid groups is 1. The highest BCUT2D eigenvalue weighted by atomic mass is 31.2. The minimum absolute atomic E-state index is 0.247. The van der Waals surface area contributed by atoms with Gasteiger partial charge in [-0.15, -0.1) is 0 Å². The van der Waals surface area contributed by atoms with E-state index in [1.54, 1.807) is 26.0 Å². The van der Waals surface area contributed by atoms with Crippen LogP contribution in [0, 0.1) is 6.92 Å². The number of para-hydroxylation sites is 1. The van der Waals surface area contributed by atoms with E-state index in [4.69, 9.17) is 18.0 Å². The Balaban J connectivity index is 1.47. The van der Waals surface area contributed by atoms with Gasteiger partial charge in [0.1, 0.15) is 23.6 Å². The second-order valence-electron chi connectivity index (χ2n) is 15.4. The molecule has 1 unspecified atom stereocenters. The zero-order valence-electron chi connectivity index (χ0n) is 30.1. The topological polar surface area (TPSA) is 119 Å². The summed E-state index contributed by atoms with van der Waals surface area (Å²) in [5.74, 6) is 0.207. The average Bonchev–Trinajstić information content (AvgIpc) is 3.31. The lowest BCUT2D eigenvalue weighted by Gasteiger charge is -2.40. The minimum atomic E-state index is -3.95. The summed E-state index contributed by atoms with van der Waals surface area (Å²) in [6, 6.07) is 14.5. The van der Waals surface area contributed by atoms with Crippen molar-refractivity contribution in [2.24, 2.45) is 0 Å². The third kappa shape index (κ3) is 10.0. The van der Waals surface area contributed by atoms with Crippen LogP contribution in [0.25, 0.3) is 17.0 Å². The lowest BCUT2D eigenvalue weighted by atomic mass is 9.97. The van der Waals surface area contributed by atoms with Gasteiger partial charge < -0.3 is 15.1 Å². The first-order valence-corrected chi connectivity index (χ1v) is 25.4. The second-order valence-corrected chi connectivity index (χ2v) is 28.3. The van der Waals surface area contributed by atoms with Crippen LogP contribution in [0.5, 0.6) is 0 Å². The van der Waals surface area contributed by atoms with Crippen molar-refractivity contribution in [3.05, 3.63) is 65.4 Å². The predicted molar refractivity (Wildman–Crippen MR) is 200 cm³/mol. The van der Waals surface area contributed by atoms with Gasteiger partial charge in [0.2, 0.25) is 5.91 Å². The molecule has 262 valence electrons. The van der Waals surface area contributed by atoms with Gasteiger partial charge in [-0.3, -0.25) is 28.1 Å². The molecule has 1 aliphatic rings. The lowest BCUT2D eigenvalue weighted by Crippen LogP contribution is -2.54. The molecule has 0 fully saturated rings. The van der Waals surface area contributed by atoms with Crippen molar-refractivity contribution in [1.29, 1.82) is 0 Å². The Labute approximate surface area is 287 Å². The van der Waals surface area contributed by atoms with Crippen LogP contribution in [-0.2, 0) is 27.7 Å². The van der Waals surface area contributed by atoms with E-state index in [-0.39, 0.29) is 37.8 Å². The monoisotopic (exact) mass is 713 g/mol. The van der Waals surface area contributed by atoms with Crippen molar-refractivity contribution in [2.45, 2.75) is 90.6 Å². The number of aryl methyl sites for hydroxylation is 1. The zero-order chi connectivity index (χ0) is 35.5. The van der Waals surface area contributed by atoms with Crippen LogP contribution in [-0.4, -0.2) is 53.4 Å². The molecule has 10 nitrogen and oxygen atoms in total. The van der Waals surface area contributed by atoms with E-state index in [2.05, 4.69) is 49.9 Å². The van der Waals surface area contributed by atoms with Crippen molar-refractivity contribution in [1.82, 2.24) is 5.32 Å². The normalized spacial score (nSPS) is 15.9. The first kappa shape index (κ1) is 37.8. The van der Waals surface area contributed by atoms with E-state index >= 15 is 0 Å². The fourth-order valence-electron chi connectivity index (χ4n) is 5.23. The quantitative estimate of drug-likeness (QED) is 0.0911. The Kier molecular flexibility index (Phi) is 11.7. The second kappa shape index (κ2) is 14.9. The Hall–Kier alpha value is -3.00. The highest BCUT2D eigenvalue weighted by Gasteiger charge is 2.40. The number of furan rings is 1. The number of benzene rings is 2. The average molecular weight is 714 g/mol. The van der Waals surface area contributed by atoms with E-state index < -0.39 is 29.5 Å². The number of nitrogens with zero attached hydrogens (tertiary/aromatic N) is 1. The van der Waals surface area contributed by atoms with Crippen molar-refractivity contribution < 1.29 is 32.1 Å². The molecule has 1 atom stereocenters. The molecule has 4 rings (SSSR count). The number of hydrogen-bond acceptors (Lipinski definition) is 8. The maximum atomic E-state index is 13.8. The summed E-state index contributed by atoms with van der Waals surface area (Å²) in [5, 5.41) is 7.31. The van der Waals surface area contributed by atoms with Crippen molar-refractivity contribution in [2.75, 3.05) is 30.2 Å². The summed E-state index contributed by atoms with van der Waals surface area (Å²) in [6.45, 7) is 20.9. The third-order valence-corrected chi connectivity index (χ3v) is 13.0. The van der Waals surface area contributed by atoms with Crippen LogP contribution >= 0.6 is 7.82 Å². The molecule has 2 N–H and O–H groups in total. The Bertz CT molecular complexity index is 1680. The molecule has 0 aliphatic carbocycles. The zero-order valence-corrected chi connectivity index (χ0v) is 33.0. The number of carbonyl (C=O) groups excluding carboxylic acids is 2. The molecule has 1 aromatic heterocycles. The van der Waals surface area contributed by atoms with E-state index in [1.165, 1.54) is 11.0 Å². The van der Waals surface area contributed by atoms with E-state index in [1.807, 2.05) is 50.2 Å². The van der Waals surface area contributed by atoms with Crippen molar-refractivity contribution in [3.63, 3.8) is 0 Å².